The van der Waals surface area contributed by atoms with E-state index in [-0.39, 0.29) is 10.9 Å². The highest BCUT2D eigenvalue weighted by Gasteiger charge is 2.31. The second kappa shape index (κ2) is 8.87. The van der Waals surface area contributed by atoms with Crippen LogP contribution in [-0.4, -0.2) is 50.9 Å². The quantitative estimate of drug-likeness (QED) is 0.717. The third kappa shape index (κ3) is 4.61. The summed E-state index contributed by atoms with van der Waals surface area (Å²) in [5.41, 5.74) is 1.87. The minimum Gasteiger partial charge on any atom is -0.325 e. The predicted octanol–water partition coefficient (Wildman–Crippen LogP) is 2.71. The van der Waals surface area contributed by atoms with Gasteiger partial charge in [0.2, 0.25) is 15.9 Å². The number of amides is 3. The molecular weight excluding hydrogens is 435 g/mol. The minimum absolute atomic E-state index is 0.0353. The predicted molar refractivity (Wildman–Crippen MR) is 119 cm³/mol. The molecule has 0 aliphatic carbocycles. The van der Waals surface area contributed by atoms with Gasteiger partial charge in [0, 0.05) is 31.0 Å². The minimum atomic E-state index is -3.96. The van der Waals surface area contributed by atoms with E-state index in [9.17, 15) is 22.4 Å². The maximum Gasteiger partial charge on any atom is 0.324 e. The van der Waals surface area contributed by atoms with Crippen molar-refractivity contribution in [2.75, 3.05) is 29.9 Å². The Morgan fingerprint density at radius 1 is 1.03 bits per heavy atom. The number of nitrogens with one attached hydrogen (secondary N) is 2. The van der Waals surface area contributed by atoms with E-state index in [0.717, 1.165) is 37.2 Å². The number of likely N-dealkylation sites (tertiary alicyclic amines) is 1. The molecule has 0 bridgehead atoms. The number of fused-ring (bicyclic) bond motifs is 1. The summed E-state index contributed by atoms with van der Waals surface area (Å²) in [7, 11) is -3.96. The van der Waals surface area contributed by atoms with E-state index in [1.54, 1.807) is 17.0 Å². The van der Waals surface area contributed by atoms with Crippen LogP contribution >= 0.6 is 0 Å². The molecule has 4 rings (SSSR count). The lowest BCUT2D eigenvalue weighted by molar-refractivity contribution is -0.117. The van der Waals surface area contributed by atoms with Crippen LogP contribution in [0.2, 0.25) is 0 Å². The molecule has 2 aromatic carbocycles. The van der Waals surface area contributed by atoms with E-state index in [2.05, 4.69) is 10.0 Å². The van der Waals surface area contributed by atoms with E-state index in [0.29, 0.717) is 18.7 Å². The zero-order chi connectivity index (χ0) is 22.9. The Morgan fingerprint density at radius 2 is 1.72 bits per heavy atom. The first-order valence-corrected chi connectivity index (χ1v) is 12.0. The summed E-state index contributed by atoms with van der Waals surface area (Å²) < 4.78 is 41.1. The van der Waals surface area contributed by atoms with E-state index in [4.69, 9.17) is 0 Å². The largest absolute Gasteiger partial charge is 0.325 e. The summed E-state index contributed by atoms with van der Waals surface area (Å²) in [4.78, 5) is 28.6. The second-order valence-corrected chi connectivity index (χ2v) is 9.72. The Morgan fingerprint density at radius 3 is 2.41 bits per heavy atom. The molecule has 8 nitrogen and oxygen atoms in total. The Hall–Kier alpha value is -2.98. The Kier molecular flexibility index (Phi) is 6.16. The number of rotatable bonds is 5. The van der Waals surface area contributed by atoms with Gasteiger partial charge in [0.15, 0.2) is 0 Å². The Balaban J connectivity index is 1.44. The van der Waals surface area contributed by atoms with E-state index in [1.165, 1.54) is 37.3 Å². The fourth-order valence-electron chi connectivity index (χ4n) is 3.96. The van der Waals surface area contributed by atoms with Gasteiger partial charge in [0.05, 0.1) is 10.9 Å². The molecule has 32 heavy (non-hydrogen) atoms. The first-order valence-electron chi connectivity index (χ1n) is 10.5. The van der Waals surface area contributed by atoms with Gasteiger partial charge in [-0.1, -0.05) is 0 Å². The Labute approximate surface area is 186 Å². The molecule has 0 radical (unpaired) electrons. The van der Waals surface area contributed by atoms with Crippen LogP contribution in [0.3, 0.4) is 0 Å². The molecule has 170 valence electrons. The molecule has 3 amide bonds. The highest BCUT2D eigenvalue weighted by Crippen LogP contribution is 2.31. The van der Waals surface area contributed by atoms with E-state index < -0.39 is 27.8 Å². The van der Waals surface area contributed by atoms with Gasteiger partial charge >= 0.3 is 6.03 Å². The molecule has 2 N–H and O–H groups in total. The summed E-state index contributed by atoms with van der Waals surface area (Å²) in [5.74, 6) is -1.00. The van der Waals surface area contributed by atoms with Crippen molar-refractivity contribution in [3.63, 3.8) is 0 Å². The lowest BCUT2D eigenvalue weighted by Crippen LogP contribution is -2.41. The fourth-order valence-corrected chi connectivity index (χ4v) is 5.21. The van der Waals surface area contributed by atoms with Crippen LogP contribution in [-0.2, 0) is 21.2 Å². The monoisotopic (exact) mass is 460 g/mol. The van der Waals surface area contributed by atoms with Gasteiger partial charge in [0.1, 0.15) is 5.82 Å². The molecule has 1 atom stereocenters. The van der Waals surface area contributed by atoms with Gasteiger partial charge in [-0.15, -0.1) is 0 Å². The van der Waals surface area contributed by atoms with Crippen LogP contribution in [0.5, 0.6) is 0 Å². The summed E-state index contributed by atoms with van der Waals surface area (Å²) in [6, 6.07) is 8.75. The molecule has 0 spiro atoms. The van der Waals surface area contributed by atoms with Gasteiger partial charge in [-0.3, -0.25) is 9.69 Å². The Bertz CT molecular complexity index is 1130. The number of carbonyl (C=O) groups excluding carboxylic acids is 2. The number of halogens is 1. The summed E-state index contributed by atoms with van der Waals surface area (Å²) in [6.07, 6.45) is 2.57. The van der Waals surface area contributed by atoms with Crippen molar-refractivity contribution in [2.45, 2.75) is 37.1 Å². The van der Waals surface area contributed by atoms with Crippen molar-refractivity contribution >= 4 is 33.3 Å². The summed E-state index contributed by atoms with van der Waals surface area (Å²) in [6.45, 7) is 3.44. The molecule has 0 saturated carbocycles. The summed E-state index contributed by atoms with van der Waals surface area (Å²) in [5, 5.41) is 2.55. The van der Waals surface area contributed by atoms with Crippen LogP contribution in [0.1, 0.15) is 25.3 Å². The highest BCUT2D eigenvalue weighted by atomic mass is 32.2. The molecule has 0 unspecified atom stereocenters. The third-order valence-corrected chi connectivity index (χ3v) is 7.24. The fraction of sp³-hybridized carbons (Fsp3) is 0.364. The average molecular weight is 461 g/mol. The van der Waals surface area contributed by atoms with Crippen molar-refractivity contribution < 1.29 is 22.4 Å². The van der Waals surface area contributed by atoms with Crippen molar-refractivity contribution in [1.82, 2.24) is 9.62 Å². The SMILES string of the molecule is C[C@@H](NS(=O)(=O)c1ccc2c(c1)CCN2C(=O)N1CCCC1)C(=O)Nc1ccc(F)cc1. The maximum atomic E-state index is 13.0. The lowest BCUT2D eigenvalue weighted by Gasteiger charge is -2.24. The number of carbonyl (C=O) groups is 2. The topological polar surface area (TPSA) is 98.8 Å². The number of benzene rings is 2. The van der Waals surface area contributed by atoms with Crippen LogP contribution in [0.25, 0.3) is 0 Å². The molecule has 2 heterocycles. The first kappa shape index (κ1) is 22.2. The zero-order valence-electron chi connectivity index (χ0n) is 17.7. The van der Waals surface area contributed by atoms with Crippen molar-refractivity contribution in [2.24, 2.45) is 0 Å². The van der Waals surface area contributed by atoms with Gasteiger partial charge in [-0.25, -0.2) is 17.6 Å². The number of hydrogen-bond donors (Lipinski definition) is 2. The normalized spacial score (nSPS) is 16.7. The number of hydrogen-bond acceptors (Lipinski definition) is 4. The second-order valence-electron chi connectivity index (χ2n) is 8.01. The van der Waals surface area contributed by atoms with Crippen molar-refractivity contribution in [3.05, 3.63) is 53.8 Å². The van der Waals surface area contributed by atoms with Crippen LogP contribution in [0, 0.1) is 5.82 Å². The van der Waals surface area contributed by atoms with Gasteiger partial charge < -0.3 is 10.2 Å². The van der Waals surface area contributed by atoms with Crippen LogP contribution in [0.4, 0.5) is 20.6 Å². The van der Waals surface area contributed by atoms with Gasteiger partial charge in [-0.2, -0.15) is 4.72 Å². The zero-order valence-corrected chi connectivity index (χ0v) is 18.5. The van der Waals surface area contributed by atoms with Gasteiger partial charge in [-0.05, 0) is 74.2 Å². The average Bonchev–Trinajstić information content (AvgIpc) is 3.44. The molecule has 2 aliphatic heterocycles. The molecule has 1 fully saturated rings. The van der Waals surface area contributed by atoms with Crippen molar-refractivity contribution in [1.29, 1.82) is 0 Å². The highest BCUT2D eigenvalue weighted by molar-refractivity contribution is 7.89. The number of sulfonamides is 1. The number of nitrogens with zero attached hydrogens (tertiary/aromatic N) is 2. The molecular formula is C22H25FN4O4S. The van der Waals surface area contributed by atoms with Crippen molar-refractivity contribution in [3.8, 4) is 0 Å². The molecule has 1 saturated heterocycles. The third-order valence-electron chi connectivity index (χ3n) is 5.70. The van der Waals surface area contributed by atoms with E-state index in [1.807, 2.05) is 4.90 Å². The molecule has 0 aromatic heterocycles. The maximum absolute atomic E-state index is 13.0. The molecule has 2 aromatic rings. The van der Waals surface area contributed by atoms with Gasteiger partial charge in [0.25, 0.3) is 0 Å². The number of anilines is 2. The molecule has 2 aliphatic rings. The molecule has 10 heteroatoms. The van der Waals surface area contributed by atoms with Crippen LogP contribution in [0.15, 0.2) is 47.4 Å². The number of urea groups is 1. The standard InChI is InChI=1S/C22H25FN4O4S/c1-15(21(28)24-18-6-4-17(23)5-7-18)25-32(30,31)19-8-9-20-16(14-19)10-13-27(20)22(29)26-11-2-3-12-26/h4-9,14-15,25H,2-3,10-13H2,1H3,(H,24,28)/t15-/m1/s1. The van der Waals surface area contributed by atoms with Crippen LogP contribution < -0.4 is 14.9 Å². The van der Waals surface area contributed by atoms with E-state index >= 15 is 0 Å². The lowest BCUT2D eigenvalue weighted by atomic mass is 10.2. The summed E-state index contributed by atoms with van der Waals surface area (Å²) >= 11 is 0. The first-order chi connectivity index (χ1) is 15.2. The smallest absolute Gasteiger partial charge is 0.324 e.